The Morgan fingerprint density at radius 3 is 2.58 bits per heavy atom. The van der Waals surface area contributed by atoms with Gasteiger partial charge in [-0.1, -0.05) is 23.8 Å². The van der Waals surface area contributed by atoms with Gasteiger partial charge in [0.15, 0.2) is 0 Å². The Morgan fingerprint density at radius 1 is 1.12 bits per heavy atom. The van der Waals surface area contributed by atoms with Gasteiger partial charge in [-0.05, 0) is 37.6 Å². The summed E-state index contributed by atoms with van der Waals surface area (Å²) in [5.74, 6) is 1.82. The van der Waals surface area contributed by atoms with Crippen molar-refractivity contribution in [2.75, 3.05) is 20.8 Å². The Bertz CT molecular complexity index is 1320. The van der Waals surface area contributed by atoms with E-state index in [0.29, 0.717) is 47.1 Å². The van der Waals surface area contributed by atoms with E-state index < -0.39 is 0 Å². The number of carbonyl (C=O) groups is 1. The lowest BCUT2D eigenvalue weighted by molar-refractivity contribution is 0.0732. The second kappa shape index (κ2) is 8.09. The summed E-state index contributed by atoms with van der Waals surface area (Å²) in [6, 6.07) is 9.01. The Balaban J connectivity index is 1.58. The summed E-state index contributed by atoms with van der Waals surface area (Å²) in [5.41, 5.74) is 4.47. The number of aromatic amines is 1. The fraction of sp³-hybridized carbons (Fsp3) is 0.250. The van der Waals surface area contributed by atoms with Crippen molar-refractivity contribution < 1.29 is 14.3 Å². The van der Waals surface area contributed by atoms with Crippen molar-refractivity contribution in [1.29, 1.82) is 0 Å². The van der Waals surface area contributed by atoms with Gasteiger partial charge in [-0.3, -0.25) is 4.79 Å². The van der Waals surface area contributed by atoms with E-state index in [0.717, 1.165) is 16.7 Å². The highest BCUT2D eigenvalue weighted by molar-refractivity contribution is 5.98. The average Bonchev–Trinajstić information content (AvgIpc) is 3.57. The number of benzene rings is 2. The van der Waals surface area contributed by atoms with E-state index in [9.17, 15) is 4.79 Å². The maximum absolute atomic E-state index is 13.8. The van der Waals surface area contributed by atoms with Crippen molar-refractivity contribution in [1.82, 2.24) is 29.9 Å². The number of ether oxygens (including phenoxy) is 2. The molecule has 1 atom stereocenters. The van der Waals surface area contributed by atoms with Crippen LogP contribution in [-0.2, 0) is 0 Å². The number of fused-ring (bicyclic) bond motifs is 1. The van der Waals surface area contributed by atoms with Crippen molar-refractivity contribution in [3.8, 4) is 17.2 Å². The first-order valence-electron chi connectivity index (χ1n) is 10.6. The number of hydrogen-bond acceptors (Lipinski definition) is 6. The van der Waals surface area contributed by atoms with E-state index in [1.165, 1.54) is 4.80 Å². The molecule has 1 aliphatic heterocycles. The summed E-state index contributed by atoms with van der Waals surface area (Å²) in [6.07, 6.45) is 3.78. The molecule has 0 bridgehead atoms. The molecule has 1 amide bonds. The predicted molar refractivity (Wildman–Crippen MR) is 123 cm³/mol. The van der Waals surface area contributed by atoms with Gasteiger partial charge >= 0.3 is 0 Å². The van der Waals surface area contributed by atoms with Gasteiger partial charge in [0.25, 0.3) is 5.91 Å². The van der Waals surface area contributed by atoms with Gasteiger partial charge in [0.05, 0.1) is 43.9 Å². The van der Waals surface area contributed by atoms with Gasteiger partial charge in [0, 0.05) is 6.54 Å². The SMILES string of the molecule is C=C1CC(c2nc3c(OC)ccc(OC)c3[nH]2)N(C(=O)c2cc(C)ccc2-n2nccn2)C1. The maximum Gasteiger partial charge on any atom is 0.257 e. The van der Waals surface area contributed by atoms with Crippen molar-refractivity contribution in [3.05, 3.63) is 71.8 Å². The molecule has 2 aromatic carbocycles. The van der Waals surface area contributed by atoms with Crippen LogP contribution in [0.25, 0.3) is 16.7 Å². The average molecular weight is 444 g/mol. The summed E-state index contributed by atoms with van der Waals surface area (Å²) in [7, 11) is 3.21. The second-order valence-corrected chi connectivity index (χ2v) is 8.06. The molecule has 168 valence electrons. The van der Waals surface area contributed by atoms with Crippen LogP contribution in [0.5, 0.6) is 11.5 Å². The van der Waals surface area contributed by atoms with E-state index in [-0.39, 0.29) is 11.9 Å². The Morgan fingerprint density at radius 2 is 1.85 bits per heavy atom. The number of amides is 1. The molecule has 2 aromatic heterocycles. The third-order valence-electron chi connectivity index (χ3n) is 5.87. The minimum atomic E-state index is -0.300. The molecule has 0 aliphatic carbocycles. The molecule has 1 unspecified atom stereocenters. The quantitative estimate of drug-likeness (QED) is 0.472. The first-order valence-corrected chi connectivity index (χ1v) is 10.6. The highest BCUT2D eigenvalue weighted by Gasteiger charge is 2.36. The minimum Gasteiger partial charge on any atom is -0.494 e. The number of aromatic nitrogens is 5. The summed E-state index contributed by atoms with van der Waals surface area (Å²) < 4.78 is 11.0. The topological polar surface area (TPSA) is 98.2 Å². The smallest absolute Gasteiger partial charge is 0.257 e. The third kappa shape index (κ3) is 3.51. The second-order valence-electron chi connectivity index (χ2n) is 8.06. The molecule has 1 aliphatic rings. The molecule has 0 spiro atoms. The molecule has 33 heavy (non-hydrogen) atoms. The monoisotopic (exact) mass is 444 g/mol. The highest BCUT2D eigenvalue weighted by Crippen LogP contribution is 2.38. The van der Waals surface area contributed by atoms with Gasteiger partial charge in [-0.25, -0.2) is 4.98 Å². The number of hydrogen-bond donors (Lipinski definition) is 1. The summed E-state index contributed by atoms with van der Waals surface area (Å²) in [6.45, 7) is 6.55. The van der Waals surface area contributed by atoms with E-state index in [1.54, 1.807) is 31.5 Å². The fourth-order valence-corrected chi connectivity index (χ4v) is 4.30. The number of nitrogens with zero attached hydrogens (tertiary/aromatic N) is 5. The molecule has 1 saturated heterocycles. The van der Waals surface area contributed by atoms with E-state index in [2.05, 4.69) is 21.8 Å². The molecule has 5 rings (SSSR count). The lowest BCUT2D eigenvalue weighted by Crippen LogP contribution is -2.32. The first kappa shape index (κ1) is 20.7. The molecule has 0 saturated carbocycles. The molecule has 3 heterocycles. The minimum absolute atomic E-state index is 0.131. The van der Waals surface area contributed by atoms with Gasteiger partial charge < -0.3 is 19.4 Å². The number of methoxy groups -OCH3 is 2. The summed E-state index contributed by atoms with van der Waals surface area (Å²) in [5, 5.41) is 8.43. The van der Waals surface area contributed by atoms with Crippen LogP contribution in [-0.4, -0.2) is 56.5 Å². The van der Waals surface area contributed by atoms with Crippen molar-refractivity contribution in [2.45, 2.75) is 19.4 Å². The standard InChI is InChI=1S/C24H24N6O3/c1-14-5-6-17(30-25-9-10-26-30)16(11-14)24(31)29-13-15(2)12-18(29)23-27-21-19(32-3)7-8-20(33-4)22(21)28-23/h5-11,18H,2,12-13H2,1,3-4H3,(H,27,28). The lowest BCUT2D eigenvalue weighted by Gasteiger charge is -2.24. The van der Waals surface area contributed by atoms with Crippen LogP contribution >= 0.6 is 0 Å². The van der Waals surface area contributed by atoms with E-state index in [1.807, 2.05) is 37.3 Å². The van der Waals surface area contributed by atoms with Crippen LogP contribution in [0.2, 0.25) is 0 Å². The number of H-pyrrole nitrogens is 1. The molecule has 1 N–H and O–H groups in total. The van der Waals surface area contributed by atoms with Crippen LogP contribution in [0.1, 0.15) is 34.2 Å². The Hall–Kier alpha value is -4.14. The van der Waals surface area contributed by atoms with E-state index in [4.69, 9.17) is 14.5 Å². The lowest BCUT2D eigenvalue weighted by atomic mass is 10.1. The zero-order valence-corrected chi connectivity index (χ0v) is 18.7. The third-order valence-corrected chi connectivity index (χ3v) is 5.87. The van der Waals surface area contributed by atoms with Gasteiger partial charge in [0.2, 0.25) is 0 Å². The normalized spacial score (nSPS) is 15.9. The maximum atomic E-state index is 13.8. The van der Waals surface area contributed by atoms with Gasteiger partial charge in [-0.15, -0.1) is 0 Å². The zero-order chi connectivity index (χ0) is 23.1. The number of carbonyl (C=O) groups excluding carboxylic acids is 1. The Kier molecular flexibility index (Phi) is 5.08. The zero-order valence-electron chi connectivity index (χ0n) is 18.7. The molecule has 9 heteroatoms. The van der Waals surface area contributed by atoms with Gasteiger partial charge in [0.1, 0.15) is 28.4 Å². The Labute approximate surface area is 190 Å². The molecule has 9 nitrogen and oxygen atoms in total. The predicted octanol–water partition coefficient (Wildman–Crippen LogP) is 3.61. The summed E-state index contributed by atoms with van der Waals surface area (Å²) in [4.78, 5) is 25.2. The molecular weight excluding hydrogens is 420 g/mol. The van der Waals surface area contributed by atoms with Crippen molar-refractivity contribution >= 4 is 16.9 Å². The largest absolute Gasteiger partial charge is 0.494 e. The van der Waals surface area contributed by atoms with Crippen LogP contribution in [0.15, 0.2) is 54.9 Å². The van der Waals surface area contributed by atoms with E-state index >= 15 is 0 Å². The molecular formula is C24H24N6O3. The van der Waals surface area contributed by atoms with Crippen LogP contribution in [0.3, 0.4) is 0 Å². The van der Waals surface area contributed by atoms with Crippen LogP contribution in [0.4, 0.5) is 0 Å². The molecule has 1 fully saturated rings. The van der Waals surface area contributed by atoms with Crippen molar-refractivity contribution in [2.24, 2.45) is 0 Å². The van der Waals surface area contributed by atoms with Crippen molar-refractivity contribution in [3.63, 3.8) is 0 Å². The number of aryl methyl sites for hydroxylation is 1. The number of likely N-dealkylation sites (tertiary alicyclic amines) is 1. The molecule has 0 radical (unpaired) electrons. The fourth-order valence-electron chi connectivity index (χ4n) is 4.30. The first-order chi connectivity index (χ1) is 16.0. The number of imidazole rings is 1. The summed E-state index contributed by atoms with van der Waals surface area (Å²) >= 11 is 0. The number of rotatable bonds is 5. The number of nitrogens with one attached hydrogen (secondary N) is 1. The van der Waals surface area contributed by atoms with Gasteiger partial charge in [-0.2, -0.15) is 15.0 Å². The van der Waals surface area contributed by atoms with Crippen LogP contribution in [0, 0.1) is 6.92 Å². The van der Waals surface area contributed by atoms with Crippen LogP contribution < -0.4 is 9.47 Å². The highest BCUT2D eigenvalue weighted by atomic mass is 16.5. The molecule has 4 aromatic rings.